The summed E-state index contributed by atoms with van der Waals surface area (Å²) >= 11 is 3.45. The van der Waals surface area contributed by atoms with Crippen molar-refractivity contribution in [2.24, 2.45) is 12.1 Å². The van der Waals surface area contributed by atoms with Gasteiger partial charge in [0.1, 0.15) is 18.5 Å². The van der Waals surface area contributed by atoms with Crippen LogP contribution in [0.4, 0.5) is 5.95 Å². The maximum Gasteiger partial charge on any atom is 0.329 e. The van der Waals surface area contributed by atoms with E-state index in [0.717, 1.165) is 11.1 Å². The molecule has 0 bridgehead atoms. The van der Waals surface area contributed by atoms with E-state index in [4.69, 9.17) is 4.74 Å². The van der Waals surface area contributed by atoms with Crippen molar-refractivity contribution >= 4 is 45.3 Å². The Morgan fingerprint density at radius 1 is 1.22 bits per heavy atom. The van der Waals surface area contributed by atoms with Crippen molar-refractivity contribution in [3.05, 3.63) is 91.0 Å². The molecule has 1 atom stereocenters. The monoisotopic (exact) mass is 552 g/mol. The summed E-state index contributed by atoms with van der Waals surface area (Å²) in [6.45, 7) is 1.88. The number of aliphatic hydroxyl groups is 1. The predicted molar refractivity (Wildman–Crippen MR) is 144 cm³/mol. The first-order chi connectivity index (χ1) is 17.3. The number of H-pyrrole nitrogens is 1. The summed E-state index contributed by atoms with van der Waals surface area (Å²) in [5.74, 6) is 0.841. The van der Waals surface area contributed by atoms with Crippen molar-refractivity contribution in [3.8, 4) is 5.75 Å². The first kappa shape index (κ1) is 25.1. The van der Waals surface area contributed by atoms with E-state index in [1.807, 2.05) is 67.6 Å². The zero-order valence-corrected chi connectivity index (χ0v) is 21.3. The van der Waals surface area contributed by atoms with Crippen LogP contribution in [0.15, 0.2) is 73.8 Å². The van der Waals surface area contributed by atoms with Gasteiger partial charge in [0.05, 0.1) is 12.8 Å². The highest BCUT2D eigenvalue weighted by Gasteiger charge is 2.20. The van der Waals surface area contributed by atoms with Crippen LogP contribution >= 0.6 is 15.9 Å². The Labute approximate surface area is 214 Å². The van der Waals surface area contributed by atoms with Gasteiger partial charge >= 0.3 is 5.69 Å². The molecule has 36 heavy (non-hydrogen) atoms. The molecule has 10 nitrogen and oxygen atoms in total. The van der Waals surface area contributed by atoms with E-state index < -0.39 is 17.4 Å². The molecule has 2 aromatic carbocycles. The van der Waals surface area contributed by atoms with E-state index in [1.54, 1.807) is 0 Å². The molecular weight excluding hydrogens is 528 g/mol. The molecule has 4 aromatic rings. The largest absolute Gasteiger partial charge is 0.491 e. The topological polar surface area (TPSA) is 127 Å². The Morgan fingerprint density at radius 2 is 1.94 bits per heavy atom. The third kappa shape index (κ3) is 5.81. The molecule has 186 valence electrons. The standard InChI is InChI=1S/C25H25BrN6O4/c1-16-8-6-7-11-20(16)36-15-19(33)14-32-21-22(31(2)25(35)29-23(21)34)28-24(32)30-27-13-18(26)12-17-9-4-3-5-10-17/h3-13,19,33H,14-15H2,1-2H3,(H,28,30)(H,29,34,35)/b18-12+,27-13+. The highest BCUT2D eigenvalue weighted by Crippen LogP contribution is 2.19. The number of ether oxygens (including phenoxy) is 1. The van der Waals surface area contributed by atoms with Crippen LogP contribution in [-0.2, 0) is 13.6 Å². The van der Waals surface area contributed by atoms with Crippen molar-refractivity contribution in [1.29, 1.82) is 0 Å². The third-order valence-corrected chi connectivity index (χ3v) is 5.82. The van der Waals surface area contributed by atoms with Crippen LogP contribution in [0.5, 0.6) is 5.75 Å². The van der Waals surface area contributed by atoms with E-state index in [9.17, 15) is 14.7 Å². The number of aryl methyl sites for hydroxylation is 2. The highest BCUT2D eigenvalue weighted by molar-refractivity contribution is 9.12. The van der Waals surface area contributed by atoms with Gasteiger partial charge in [0.25, 0.3) is 5.56 Å². The van der Waals surface area contributed by atoms with Gasteiger partial charge < -0.3 is 14.4 Å². The number of imidazole rings is 1. The Balaban J connectivity index is 1.60. The molecule has 0 saturated heterocycles. The molecule has 0 saturated carbocycles. The second-order valence-electron chi connectivity index (χ2n) is 8.08. The number of fused-ring (bicyclic) bond motifs is 1. The van der Waals surface area contributed by atoms with Gasteiger partial charge in [-0.05, 0) is 46.1 Å². The Hall–Kier alpha value is -3.96. The van der Waals surface area contributed by atoms with E-state index in [2.05, 4.69) is 36.4 Å². The quantitative estimate of drug-likeness (QED) is 0.216. The molecular formula is C25H25BrN6O4. The van der Waals surface area contributed by atoms with E-state index in [1.165, 1.54) is 22.4 Å². The van der Waals surface area contributed by atoms with Crippen LogP contribution in [0.25, 0.3) is 17.2 Å². The number of allylic oxidation sites excluding steroid dienone is 1. The lowest BCUT2D eigenvalue weighted by Gasteiger charge is -2.16. The van der Waals surface area contributed by atoms with Gasteiger partial charge in [-0.25, -0.2) is 10.2 Å². The first-order valence-corrected chi connectivity index (χ1v) is 11.9. The van der Waals surface area contributed by atoms with Crippen LogP contribution < -0.4 is 21.4 Å². The van der Waals surface area contributed by atoms with Gasteiger partial charge in [-0.3, -0.25) is 14.3 Å². The SMILES string of the molecule is Cc1ccccc1OCC(O)Cn1c(N/N=C/C(Br)=C\c2ccccc2)nc2c1c(=O)[nH]c(=O)n2C. The summed E-state index contributed by atoms with van der Waals surface area (Å²) in [7, 11) is 1.50. The molecule has 0 radical (unpaired) electrons. The number of hydrazone groups is 1. The molecule has 1 unspecified atom stereocenters. The molecule has 4 rings (SSSR count). The lowest BCUT2D eigenvalue weighted by Crippen LogP contribution is -2.30. The van der Waals surface area contributed by atoms with Crippen molar-refractivity contribution in [1.82, 2.24) is 19.1 Å². The van der Waals surface area contributed by atoms with Crippen LogP contribution in [0, 0.1) is 6.92 Å². The number of benzene rings is 2. The molecule has 2 heterocycles. The van der Waals surface area contributed by atoms with E-state index in [0.29, 0.717) is 10.2 Å². The number of aliphatic hydroxyl groups excluding tert-OH is 1. The second kappa shape index (κ2) is 11.2. The van der Waals surface area contributed by atoms with Crippen LogP contribution in [0.2, 0.25) is 0 Å². The van der Waals surface area contributed by atoms with Gasteiger partial charge in [-0.2, -0.15) is 10.1 Å². The maximum absolute atomic E-state index is 12.7. The number of anilines is 1. The Morgan fingerprint density at radius 3 is 2.69 bits per heavy atom. The summed E-state index contributed by atoms with van der Waals surface area (Å²) in [5, 5.41) is 14.9. The molecule has 0 aliphatic heterocycles. The smallest absolute Gasteiger partial charge is 0.329 e. The molecule has 3 N–H and O–H groups in total. The summed E-state index contributed by atoms with van der Waals surface area (Å²) in [6.07, 6.45) is 2.44. The van der Waals surface area contributed by atoms with Crippen LogP contribution in [0.3, 0.4) is 0 Å². The third-order valence-electron chi connectivity index (χ3n) is 5.38. The number of halogens is 1. The van der Waals surface area contributed by atoms with Gasteiger partial charge in [-0.15, -0.1) is 0 Å². The zero-order valence-electron chi connectivity index (χ0n) is 19.7. The maximum atomic E-state index is 12.7. The molecule has 2 aromatic heterocycles. The minimum absolute atomic E-state index is 0.0116. The van der Waals surface area contributed by atoms with Gasteiger partial charge in [0.15, 0.2) is 11.2 Å². The summed E-state index contributed by atoms with van der Waals surface area (Å²) in [6, 6.07) is 17.2. The number of nitrogens with zero attached hydrogens (tertiary/aromatic N) is 4. The normalized spacial score (nSPS) is 12.8. The number of hydrogen-bond acceptors (Lipinski definition) is 7. The number of para-hydroxylation sites is 1. The summed E-state index contributed by atoms with van der Waals surface area (Å²) in [4.78, 5) is 31.4. The predicted octanol–water partition coefficient (Wildman–Crippen LogP) is 3.01. The highest BCUT2D eigenvalue weighted by atomic mass is 79.9. The van der Waals surface area contributed by atoms with Crippen molar-refractivity contribution < 1.29 is 9.84 Å². The van der Waals surface area contributed by atoms with E-state index in [-0.39, 0.29) is 30.3 Å². The zero-order chi connectivity index (χ0) is 25.7. The van der Waals surface area contributed by atoms with Crippen molar-refractivity contribution in [2.45, 2.75) is 19.6 Å². The number of rotatable bonds is 9. The van der Waals surface area contributed by atoms with Crippen LogP contribution in [0.1, 0.15) is 11.1 Å². The Bertz CT molecular complexity index is 1540. The summed E-state index contributed by atoms with van der Waals surface area (Å²) < 4.78 is 9.15. The minimum atomic E-state index is -0.979. The first-order valence-electron chi connectivity index (χ1n) is 11.1. The average molecular weight is 553 g/mol. The molecule has 0 amide bonds. The molecule has 0 spiro atoms. The van der Waals surface area contributed by atoms with Crippen molar-refractivity contribution in [2.75, 3.05) is 12.0 Å². The number of hydrogen-bond donors (Lipinski definition) is 3. The van der Waals surface area contributed by atoms with Crippen LogP contribution in [-0.4, -0.2) is 43.1 Å². The minimum Gasteiger partial charge on any atom is -0.491 e. The fraction of sp³-hybridized carbons (Fsp3) is 0.200. The molecule has 0 fully saturated rings. The number of nitrogens with one attached hydrogen (secondary N) is 2. The van der Waals surface area contributed by atoms with Gasteiger partial charge in [0.2, 0.25) is 5.95 Å². The fourth-order valence-electron chi connectivity index (χ4n) is 3.56. The average Bonchev–Trinajstić information content (AvgIpc) is 3.21. The van der Waals surface area contributed by atoms with Gasteiger partial charge in [-0.1, -0.05) is 48.5 Å². The van der Waals surface area contributed by atoms with E-state index >= 15 is 0 Å². The van der Waals surface area contributed by atoms with Crippen molar-refractivity contribution in [3.63, 3.8) is 0 Å². The lowest BCUT2D eigenvalue weighted by molar-refractivity contribution is 0.0935. The second-order valence-corrected chi connectivity index (χ2v) is 8.99. The fourth-order valence-corrected chi connectivity index (χ4v) is 3.93. The van der Waals surface area contributed by atoms with Gasteiger partial charge in [0, 0.05) is 11.5 Å². The lowest BCUT2D eigenvalue weighted by atomic mass is 10.2. The molecule has 0 aliphatic carbocycles. The Kier molecular flexibility index (Phi) is 7.81. The number of aromatic nitrogens is 4. The molecule has 0 aliphatic rings. The number of aromatic amines is 1. The summed E-state index contributed by atoms with van der Waals surface area (Å²) in [5.41, 5.74) is 3.82. The molecule has 11 heteroatoms.